The predicted octanol–water partition coefficient (Wildman–Crippen LogP) is 1.24. The summed E-state index contributed by atoms with van der Waals surface area (Å²) in [6.07, 6.45) is 3.83. The standard InChI is InChI=1S/C18H30N4O3/c1-13(2)15(23)21-10-8-20(9-11-21)12-22-16(24)18(19-17(22)25)7-5-4-6-14(18)3/h13-14H,4-12H2,1-3H3,(H,19,25)/t14-,18-/m1/s1. The zero-order chi connectivity index (χ0) is 18.2. The van der Waals surface area contributed by atoms with Crippen LogP contribution in [0.25, 0.3) is 0 Å². The van der Waals surface area contributed by atoms with Gasteiger partial charge in [-0.25, -0.2) is 9.69 Å². The van der Waals surface area contributed by atoms with E-state index in [0.29, 0.717) is 32.8 Å². The molecule has 25 heavy (non-hydrogen) atoms. The van der Waals surface area contributed by atoms with Crippen LogP contribution in [-0.2, 0) is 9.59 Å². The number of nitrogens with zero attached hydrogens (tertiary/aromatic N) is 3. The molecule has 3 fully saturated rings. The molecule has 7 heteroatoms. The molecular formula is C18H30N4O3. The number of hydrogen-bond donors (Lipinski definition) is 1. The molecule has 1 aliphatic carbocycles. The molecule has 7 nitrogen and oxygen atoms in total. The summed E-state index contributed by atoms with van der Waals surface area (Å²) >= 11 is 0. The summed E-state index contributed by atoms with van der Waals surface area (Å²) in [7, 11) is 0. The lowest BCUT2D eigenvalue weighted by Crippen LogP contribution is -2.55. The first-order valence-corrected chi connectivity index (χ1v) is 9.50. The van der Waals surface area contributed by atoms with Gasteiger partial charge in [-0.2, -0.15) is 0 Å². The molecule has 0 unspecified atom stereocenters. The fourth-order valence-corrected chi connectivity index (χ4v) is 4.30. The molecule has 0 aromatic rings. The normalized spacial score (nSPS) is 31.1. The zero-order valence-electron chi connectivity index (χ0n) is 15.6. The summed E-state index contributed by atoms with van der Waals surface area (Å²) in [5.41, 5.74) is -0.690. The summed E-state index contributed by atoms with van der Waals surface area (Å²) in [6.45, 7) is 8.90. The van der Waals surface area contributed by atoms with Crippen molar-refractivity contribution < 1.29 is 14.4 Å². The Morgan fingerprint density at radius 2 is 1.88 bits per heavy atom. The summed E-state index contributed by atoms with van der Waals surface area (Å²) < 4.78 is 0. The number of piperazine rings is 1. The van der Waals surface area contributed by atoms with Crippen molar-refractivity contribution in [1.29, 1.82) is 0 Å². The Balaban J connectivity index is 1.60. The first-order valence-electron chi connectivity index (χ1n) is 9.50. The van der Waals surface area contributed by atoms with Gasteiger partial charge in [0.05, 0.1) is 6.67 Å². The van der Waals surface area contributed by atoms with Gasteiger partial charge in [0.2, 0.25) is 5.91 Å². The monoisotopic (exact) mass is 350 g/mol. The Morgan fingerprint density at radius 1 is 1.20 bits per heavy atom. The van der Waals surface area contributed by atoms with Crippen LogP contribution in [0.4, 0.5) is 4.79 Å². The van der Waals surface area contributed by atoms with Gasteiger partial charge in [-0.3, -0.25) is 14.5 Å². The lowest BCUT2D eigenvalue weighted by molar-refractivity contribution is -0.139. The SMILES string of the molecule is CC(C)C(=O)N1CCN(CN2C(=O)N[C@@]3(CCCC[C@H]3C)C2=O)CC1. The number of urea groups is 1. The Kier molecular flexibility index (Phi) is 5.04. The third kappa shape index (κ3) is 3.26. The Morgan fingerprint density at radius 3 is 2.48 bits per heavy atom. The molecule has 2 aliphatic heterocycles. The molecule has 0 radical (unpaired) electrons. The Hall–Kier alpha value is -1.63. The van der Waals surface area contributed by atoms with Crippen LogP contribution in [0.15, 0.2) is 0 Å². The van der Waals surface area contributed by atoms with Gasteiger partial charge in [0, 0.05) is 32.1 Å². The molecule has 1 saturated carbocycles. The highest BCUT2D eigenvalue weighted by molar-refractivity contribution is 6.07. The molecule has 2 saturated heterocycles. The van der Waals surface area contributed by atoms with Crippen LogP contribution in [0.3, 0.4) is 0 Å². The van der Waals surface area contributed by atoms with E-state index in [1.807, 2.05) is 18.7 Å². The number of carbonyl (C=O) groups is 3. The number of rotatable bonds is 3. The van der Waals surface area contributed by atoms with E-state index >= 15 is 0 Å². The van der Waals surface area contributed by atoms with Crippen LogP contribution in [0.5, 0.6) is 0 Å². The second-order valence-electron chi connectivity index (χ2n) is 8.02. The van der Waals surface area contributed by atoms with Gasteiger partial charge in [-0.15, -0.1) is 0 Å². The van der Waals surface area contributed by atoms with Crippen LogP contribution < -0.4 is 5.32 Å². The van der Waals surface area contributed by atoms with Gasteiger partial charge >= 0.3 is 6.03 Å². The highest BCUT2D eigenvalue weighted by Crippen LogP contribution is 2.38. The van der Waals surface area contributed by atoms with Gasteiger partial charge in [-0.1, -0.05) is 33.6 Å². The van der Waals surface area contributed by atoms with E-state index < -0.39 is 5.54 Å². The molecule has 140 valence electrons. The highest BCUT2D eigenvalue weighted by atomic mass is 16.2. The van der Waals surface area contributed by atoms with Crippen LogP contribution in [0, 0.1) is 11.8 Å². The number of imide groups is 1. The maximum absolute atomic E-state index is 13.0. The maximum Gasteiger partial charge on any atom is 0.326 e. The van der Waals surface area contributed by atoms with Crippen molar-refractivity contribution in [2.24, 2.45) is 11.8 Å². The van der Waals surface area contributed by atoms with Crippen molar-refractivity contribution in [3.8, 4) is 0 Å². The number of amides is 4. The van der Waals surface area contributed by atoms with Crippen LogP contribution in [-0.4, -0.2) is 70.9 Å². The van der Waals surface area contributed by atoms with E-state index in [2.05, 4.69) is 17.1 Å². The predicted molar refractivity (Wildman–Crippen MR) is 93.6 cm³/mol. The van der Waals surface area contributed by atoms with Crippen molar-refractivity contribution in [1.82, 2.24) is 20.0 Å². The Labute approximate surface area is 149 Å². The lowest BCUT2D eigenvalue weighted by atomic mass is 9.73. The molecule has 0 aromatic carbocycles. The fraction of sp³-hybridized carbons (Fsp3) is 0.833. The minimum absolute atomic E-state index is 0.00475. The number of carbonyl (C=O) groups excluding carboxylic acids is 3. The van der Waals surface area contributed by atoms with Gasteiger partial charge in [-0.05, 0) is 18.8 Å². The number of hydrogen-bond acceptors (Lipinski definition) is 4. The van der Waals surface area contributed by atoms with Crippen molar-refractivity contribution in [2.45, 2.75) is 52.0 Å². The largest absolute Gasteiger partial charge is 0.340 e. The molecule has 4 amide bonds. The van der Waals surface area contributed by atoms with Gasteiger partial charge in [0.25, 0.3) is 5.91 Å². The minimum Gasteiger partial charge on any atom is -0.340 e. The summed E-state index contributed by atoms with van der Waals surface area (Å²) in [6, 6.07) is -0.264. The molecule has 2 atom stereocenters. The van der Waals surface area contributed by atoms with Gasteiger partial charge in [0.1, 0.15) is 5.54 Å². The topological polar surface area (TPSA) is 73.0 Å². The van der Waals surface area contributed by atoms with Gasteiger partial charge in [0.15, 0.2) is 0 Å². The molecule has 0 aromatic heterocycles. The fourth-order valence-electron chi connectivity index (χ4n) is 4.30. The summed E-state index contributed by atoms with van der Waals surface area (Å²) in [5, 5.41) is 3.00. The molecular weight excluding hydrogens is 320 g/mol. The van der Waals surface area contributed by atoms with Crippen molar-refractivity contribution >= 4 is 17.8 Å². The van der Waals surface area contributed by atoms with Crippen molar-refractivity contribution in [2.75, 3.05) is 32.8 Å². The third-order valence-electron chi connectivity index (χ3n) is 6.02. The maximum atomic E-state index is 13.0. The minimum atomic E-state index is -0.690. The van der Waals surface area contributed by atoms with Gasteiger partial charge < -0.3 is 10.2 Å². The molecule has 1 N–H and O–H groups in total. The second kappa shape index (κ2) is 6.94. The third-order valence-corrected chi connectivity index (χ3v) is 6.02. The molecule has 0 bridgehead atoms. The smallest absolute Gasteiger partial charge is 0.326 e. The van der Waals surface area contributed by atoms with E-state index in [0.717, 1.165) is 25.7 Å². The van der Waals surface area contributed by atoms with E-state index in [9.17, 15) is 14.4 Å². The zero-order valence-corrected chi connectivity index (χ0v) is 15.6. The first-order chi connectivity index (χ1) is 11.8. The quantitative estimate of drug-likeness (QED) is 0.778. The van der Waals surface area contributed by atoms with Crippen LogP contribution in [0.1, 0.15) is 46.5 Å². The van der Waals surface area contributed by atoms with E-state index in [-0.39, 0.29) is 29.7 Å². The summed E-state index contributed by atoms with van der Waals surface area (Å²) in [4.78, 5) is 42.8. The lowest BCUT2D eigenvalue weighted by Gasteiger charge is -2.38. The average Bonchev–Trinajstić information content (AvgIpc) is 2.82. The second-order valence-corrected chi connectivity index (χ2v) is 8.02. The highest BCUT2D eigenvalue weighted by Gasteiger charge is 2.55. The Bertz CT molecular complexity index is 557. The van der Waals surface area contributed by atoms with E-state index in [1.54, 1.807) is 0 Å². The average molecular weight is 350 g/mol. The van der Waals surface area contributed by atoms with Crippen LogP contribution >= 0.6 is 0 Å². The van der Waals surface area contributed by atoms with E-state index in [1.165, 1.54) is 4.90 Å². The molecule has 3 rings (SSSR count). The van der Waals surface area contributed by atoms with Crippen molar-refractivity contribution in [3.05, 3.63) is 0 Å². The van der Waals surface area contributed by atoms with Crippen LogP contribution in [0.2, 0.25) is 0 Å². The van der Waals surface area contributed by atoms with E-state index in [4.69, 9.17) is 0 Å². The number of nitrogens with one attached hydrogen (secondary N) is 1. The molecule has 2 heterocycles. The molecule has 1 spiro atoms. The first kappa shape index (κ1) is 18.2. The summed E-state index contributed by atoms with van der Waals surface area (Å²) in [5.74, 6) is 0.295. The van der Waals surface area contributed by atoms with Crippen molar-refractivity contribution in [3.63, 3.8) is 0 Å². The molecule has 3 aliphatic rings.